The third-order valence-electron chi connectivity index (χ3n) is 2.19. The first-order valence-electron chi connectivity index (χ1n) is 4.91. The molecule has 0 amide bonds. The van der Waals surface area contributed by atoms with E-state index in [1.54, 1.807) is 0 Å². The molecule has 1 aromatic rings. The molecular formula is C10H16N2S. The normalized spacial score (nSPS) is 16.3. The molecule has 0 bridgehead atoms. The topological polar surface area (TPSA) is 24.1 Å². The molecule has 0 saturated heterocycles. The van der Waals surface area contributed by atoms with Crippen molar-refractivity contribution in [3.8, 4) is 0 Å². The van der Waals surface area contributed by atoms with Crippen molar-refractivity contribution in [1.82, 2.24) is 10.6 Å². The van der Waals surface area contributed by atoms with Crippen LogP contribution in [-0.2, 0) is 6.54 Å². The van der Waals surface area contributed by atoms with E-state index in [0.717, 1.165) is 25.7 Å². The lowest BCUT2D eigenvalue weighted by molar-refractivity contribution is 0.611. The number of rotatable bonds is 6. The van der Waals surface area contributed by atoms with Crippen molar-refractivity contribution in [2.24, 2.45) is 0 Å². The van der Waals surface area contributed by atoms with Gasteiger partial charge in [-0.2, -0.15) is 0 Å². The molecule has 1 aliphatic rings. The molecule has 3 heteroatoms. The smallest absolute Gasteiger partial charge is 0.0300 e. The lowest BCUT2D eigenvalue weighted by Gasteiger charge is -2.03. The van der Waals surface area contributed by atoms with Gasteiger partial charge in [0.2, 0.25) is 0 Å². The first kappa shape index (κ1) is 9.19. The average Bonchev–Trinajstić information content (AvgIpc) is 2.81. The Morgan fingerprint density at radius 3 is 3.00 bits per heavy atom. The zero-order chi connectivity index (χ0) is 8.93. The second-order valence-electron chi connectivity index (χ2n) is 3.48. The van der Waals surface area contributed by atoms with E-state index < -0.39 is 0 Å². The molecule has 0 radical (unpaired) electrons. The highest BCUT2D eigenvalue weighted by Gasteiger charge is 2.19. The Bertz CT molecular complexity index is 229. The Hall–Kier alpha value is -0.380. The molecule has 1 fully saturated rings. The predicted molar refractivity (Wildman–Crippen MR) is 57.1 cm³/mol. The molecule has 1 aliphatic carbocycles. The summed E-state index contributed by atoms with van der Waals surface area (Å²) in [7, 11) is 0. The van der Waals surface area contributed by atoms with Crippen LogP contribution in [0.25, 0.3) is 0 Å². The minimum Gasteiger partial charge on any atom is -0.313 e. The Morgan fingerprint density at radius 1 is 1.38 bits per heavy atom. The van der Waals surface area contributed by atoms with Crippen LogP contribution in [0.3, 0.4) is 0 Å². The molecule has 0 aliphatic heterocycles. The van der Waals surface area contributed by atoms with Crippen molar-refractivity contribution >= 4 is 11.3 Å². The van der Waals surface area contributed by atoms with Gasteiger partial charge in [-0.15, -0.1) is 11.3 Å². The van der Waals surface area contributed by atoms with Crippen LogP contribution in [0.1, 0.15) is 17.7 Å². The van der Waals surface area contributed by atoms with E-state index in [-0.39, 0.29) is 0 Å². The predicted octanol–water partition coefficient (Wildman–Crippen LogP) is 1.59. The summed E-state index contributed by atoms with van der Waals surface area (Å²) in [5, 5.41) is 9.02. The van der Waals surface area contributed by atoms with Crippen LogP contribution in [0.2, 0.25) is 0 Å². The van der Waals surface area contributed by atoms with Gasteiger partial charge in [-0.25, -0.2) is 0 Å². The van der Waals surface area contributed by atoms with Gasteiger partial charge in [0, 0.05) is 30.6 Å². The SMILES string of the molecule is c1csc(CNCCNC2CC2)c1. The Balaban J connectivity index is 1.48. The van der Waals surface area contributed by atoms with Crippen molar-refractivity contribution in [3.05, 3.63) is 22.4 Å². The van der Waals surface area contributed by atoms with Gasteiger partial charge in [0.1, 0.15) is 0 Å². The molecule has 0 unspecified atom stereocenters. The molecule has 2 N–H and O–H groups in total. The van der Waals surface area contributed by atoms with Gasteiger partial charge in [0.05, 0.1) is 0 Å². The number of hydrogen-bond donors (Lipinski definition) is 2. The van der Waals surface area contributed by atoms with Gasteiger partial charge in [0.25, 0.3) is 0 Å². The van der Waals surface area contributed by atoms with Gasteiger partial charge in [-0.05, 0) is 24.3 Å². The zero-order valence-electron chi connectivity index (χ0n) is 7.75. The van der Waals surface area contributed by atoms with Crippen LogP contribution in [0.4, 0.5) is 0 Å². The summed E-state index contributed by atoms with van der Waals surface area (Å²) in [5.41, 5.74) is 0. The van der Waals surface area contributed by atoms with Crippen LogP contribution in [0.15, 0.2) is 17.5 Å². The van der Waals surface area contributed by atoms with E-state index in [1.807, 2.05) is 11.3 Å². The summed E-state index contributed by atoms with van der Waals surface area (Å²) in [5.74, 6) is 0. The maximum absolute atomic E-state index is 3.48. The summed E-state index contributed by atoms with van der Waals surface area (Å²) in [6.07, 6.45) is 2.76. The first-order chi connectivity index (χ1) is 6.45. The van der Waals surface area contributed by atoms with Crippen molar-refractivity contribution in [2.75, 3.05) is 13.1 Å². The van der Waals surface area contributed by atoms with Gasteiger partial charge < -0.3 is 10.6 Å². The second kappa shape index (κ2) is 4.74. The van der Waals surface area contributed by atoms with E-state index in [4.69, 9.17) is 0 Å². The molecule has 0 spiro atoms. The molecule has 1 saturated carbocycles. The standard InChI is InChI=1S/C10H16N2S/c1-2-10(13-7-1)8-11-5-6-12-9-3-4-9/h1-2,7,9,11-12H,3-6,8H2. The van der Waals surface area contributed by atoms with E-state index in [0.29, 0.717) is 0 Å². The minimum absolute atomic E-state index is 0.837. The van der Waals surface area contributed by atoms with Gasteiger partial charge in [0.15, 0.2) is 0 Å². The molecule has 2 nitrogen and oxygen atoms in total. The lowest BCUT2D eigenvalue weighted by Crippen LogP contribution is -2.28. The highest BCUT2D eigenvalue weighted by molar-refractivity contribution is 7.09. The van der Waals surface area contributed by atoms with Crippen molar-refractivity contribution in [1.29, 1.82) is 0 Å². The number of nitrogens with one attached hydrogen (secondary N) is 2. The van der Waals surface area contributed by atoms with E-state index in [9.17, 15) is 0 Å². The highest BCUT2D eigenvalue weighted by Crippen LogP contribution is 2.17. The third kappa shape index (κ3) is 3.46. The van der Waals surface area contributed by atoms with Crippen LogP contribution in [0.5, 0.6) is 0 Å². The summed E-state index contributed by atoms with van der Waals surface area (Å²) < 4.78 is 0. The monoisotopic (exact) mass is 196 g/mol. The van der Waals surface area contributed by atoms with Crippen LogP contribution in [0, 0.1) is 0 Å². The Kier molecular flexibility index (Phi) is 3.35. The fourth-order valence-corrected chi connectivity index (χ4v) is 1.95. The fraction of sp³-hybridized carbons (Fsp3) is 0.600. The molecule has 72 valence electrons. The summed E-state index contributed by atoms with van der Waals surface area (Å²) in [4.78, 5) is 1.42. The van der Waals surface area contributed by atoms with Crippen molar-refractivity contribution in [3.63, 3.8) is 0 Å². The summed E-state index contributed by atoms with van der Waals surface area (Å²) in [6, 6.07) is 5.11. The first-order valence-corrected chi connectivity index (χ1v) is 5.79. The Morgan fingerprint density at radius 2 is 2.31 bits per heavy atom. The highest BCUT2D eigenvalue weighted by atomic mass is 32.1. The van der Waals surface area contributed by atoms with E-state index in [1.165, 1.54) is 17.7 Å². The minimum atomic E-state index is 0.837. The van der Waals surface area contributed by atoms with E-state index in [2.05, 4.69) is 28.1 Å². The average molecular weight is 196 g/mol. The summed E-state index contributed by atoms with van der Waals surface area (Å²) in [6.45, 7) is 3.20. The molecule has 0 aromatic carbocycles. The van der Waals surface area contributed by atoms with Gasteiger partial charge >= 0.3 is 0 Å². The van der Waals surface area contributed by atoms with Gasteiger partial charge in [-0.1, -0.05) is 6.07 Å². The Labute approximate surface area is 83.4 Å². The number of thiophene rings is 1. The fourth-order valence-electron chi connectivity index (χ4n) is 1.28. The zero-order valence-corrected chi connectivity index (χ0v) is 8.57. The second-order valence-corrected chi connectivity index (χ2v) is 4.52. The van der Waals surface area contributed by atoms with Gasteiger partial charge in [-0.3, -0.25) is 0 Å². The van der Waals surface area contributed by atoms with E-state index >= 15 is 0 Å². The van der Waals surface area contributed by atoms with Crippen molar-refractivity contribution < 1.29 is 0 Å². The van der Waals surface area contributed by atoms with Crippen LogP contribution >= 0.6 is 11.3 Å². The van der Waals surface area contributed by atoms with Crippen LogP contribution < -0.4 is 10.6 Å². The molecular weight excluding hydrogens is 180 g/mol. The third-order valence-corrected chi connectivity index (χ3v) is 3.07. The van der Waals surface area contributed by atoms with Crippen molar-refractivity contribution in [2.45, 2.75) is 25.4 Å². The molecule has 1 aromatic heterocycles. The molecule has 13 heavy (non-hydrogen) atoms. The molecule has 1 heterocycles. The quantitative estimate of drug-likeness (QED) is 0.675. The maximum atomic E-state index is 3.48. The number of hydrogen-bond acceptors (Lipinski definition) is 3. The molecule has 0 atom stereocenters. The van der Waals surface area contributed by atoms with Crippen LogP contribution in [-0.4, -0.2) is 19.1 Å². The largest absolute Gasteiger partial charge is 0.313 e. The molecule has 2 rings (SSSR count). The lowest BCUT2D eigenvalue weighted by atomic mass is 10.4. The maximum Gasteiger partial charge on any atom is 0.0300 e. The summed E-state index contributed by atoms with van der Waals surface area (Å²) >= 11 is 1.82.